The molecule has 0 saturated heterocycles. The molecule has 0 heterocycles. The van der Waals surface area contributed by atoms with Gasteiger partial charge in [-0.1, -0.05) is 92.9 Å². The second-order valence-electron chi connectivity index (χ2n) is 4.62. The topological polar surface area (TPSA) is 0 Å². The van der Waals surface area contributed by atoms with Gasteiger partial charge in [-0.05, 0) is 11.8 Å². The lowest BCUT2D eigenvalue weighted by molar-refractivity contribution is 0.272. The van der Waals surface area contributed by atoms with E-state index in [9.17, 15) is 0 Å². The quantitative estimate of drug-likeness (QED) is 0.485. The smallest absolute Gasteiger partial charge is 0.0414 e. The van der Waals surface area contributed by atoms with Crippen LogP contribution in [0, 0.1) is 11.8 Å². The van der Waals surface area contributed by atoms with Crippen LogP contribution < -0.4 is 0 Å². The molecule has 0 nitrogen and oxygen atoms in total. The predicted octanol–water partition coefficient (Wildman–Crippen LogP) is 6.45. The van der Waals surface area contributed by atoms with Crippen LogP contribution in [0.15, 0.2) is 0 Å². The van der Waals surface area contributed by atoms with Crippen LogP contribution in [0.2, 0.25) is 0 Å². The molecule has 0 heteroatoms. The molecule has 0 atom stereocenters. The summed E-state index contributed by atoms with van der Waals surface area (Å²) in [6.45, 7) is 12.7. The molecule has 100 valence electrons. The molecular formula is C16H36. The van der Waals surface area contributed by atoms with E-state index in [-0.39, 0.29) is 0 Å². The highest BCUT2D eigenvalue weighted by Gasteiger charge is 2.17. The van der Waals surface area contributed by atoms with E-state index in [1.165, 1.54) is 51.4 Å². The Morgan fingerprint density at radius 2 is 1.31 bits per heavy atom. The first-order chi connectivity index (χ1) is 7.83. The van der Waals surface area contributed by atoms with Gasteiger partial charge in [0.05, 0.1) is 0 Å². The van der Waals surface area contributed by atoms with Crippen LogP contribution in [-0.4, -0.2) is 0 Å². The maximum atomic E-state index is 2.41. The second-order valence-corrected chi connectivity index (χ2v) is 4.62. The van der Waals surface area contributed by atoms with E-state index in [1.54, 1.807) is 0 Å². The molecule has 16 heavy (non-hydrogen) atoms. The summed E-state index contributed by atoms with van der Waals surface area (Å²) < 4.78 is 0. The van der Waals surface area contributed by atoms with Crippen LogP contribution in [0.3, 0.4) is 0 Å². The van der Waals surface area contributed by atoms with Crippen molar-refractivity contribution in [3.05, 3.63) is 0 Å². The molecule has 1 aliphatic rings. The number of rotatable bonds is 4. The van der Waals surface area contributed by atoms with Crippen LogP contribution in [0.5, 0.6) is 0 Å². The van der Waals surface area contributed by atoms with Gasteiger partial charge in [0.2, 0.25) is 0 Å². The summed E-state index contributed by atoms with van der Waals surface area (Å²) in [5.41, 5.74) is 0. The SMILES string of the molecule is CC.CC.CCCCCC1CCC(C)CC1. The minimum Gasteiger partial charge on any atom is -0.0683 e. The molecule has 0 aromatic heterocycles. The summed E-state index contributed by atoms with van der Waals surface area (Å²) in [5.74, 6) is 2.11. The highest BCUT2D eigenvalue weighted by atomic mass is 14.2. The molecule has 1 aliphatic carbocycles. The van der Waals surface area contributed by atoms with E-state index in [4.69, 9.17) is 0 Å². The van der Waals surface area contributed by atoms with Gasteiger partial charge in [-0.15, -0.1) is 0 Å². The van der Waals surface area contributed by atoms with E-state index in [1.807, 2.05) is 27.7 Å². The number of hydrogen-bond acceptors (Lipinski definition) is 0. The zero-order chi connectivity index (χ0) is 12.8. The Balaban J connectivity index is 0. The molecule has 0 aromatic carbocycles. The Morgan fingerprint density at radius 1 is 0.812 bits per heavy atom. The lowest BCUT2D eigenvalue weighted by Crippen LogP contribution is -2.11. The summed E-state index contributed by atoms with van der Waals surface area (Å²) >= 11 is 0. The fourth-order valence-corrected chi connectivity index (χ4v) is 2.30. The fourth-order valence-electron chi connectivity index (χ4n) is 2.30. The van der Waals surface area contributed by atoms with Crippen molar-refractivity contribution in [2.45, 2.75) is 92.9 Å². The van der Waals surface area contributed by atoms with E-state index in [0.29, 0.717) is 0 Å². The van der Waals surface area contributed by atoms with Gasteiger partial charge in [0.15, 0.2) is 0 Å². The third-order valence-corrected chi connectivity index (χ3v) is 3.35. The minimum atomic E-state index is 1.02. The van der Waals surface area contributed by atoms with Crippen molar-refractivity contribution in [1.82, 2.24) is 0 Å². The Morgan fingerprint density at radius 3 is 1.75 bits per heavy atom. The van der Waals surface area contributed by atoms with Crippen LogP contribution in [0.4, 0.5) is 0 Å². The first-order valence-corrected chi connectivity index (χ1v) is 7.83. The third-order valence-electron chi connectivity index (χ3n) is 3.35. The van der Waals surface area contributed by atoms with Crippen molar-refractivity contribution >= 4 is 0 Å². The average molecular weight is 228 g/mol. The van der Waals surface area contributed by atoms with Crippen molar-refractivity contribution in [2.24, 2.45) is 11.8 Å². The lowest BCUT2D eigenvalue weighted by atomic mass is 9.80. The van der Waals surface area contributed by atoms with Gasteiger partial charge in [0.1, 0.15) is 0 Å². The van der Waals surface area contributed by atoms with Crippen LogP contribution in [0.25, 0.3) is 0 Å². The highest BCUT2D eigenvalue weighted by molar-refractivity contribution is 4.69. The monoisotopic (exact) mass is 228 g/mol. The van der Waals surface area contributed by atoms with E-state index in [2.05, 4.69) is 13.8 Å². The summed E-state index contributed by atoms with van der Waals surface area (Å²) in [5, 5.41) is 0. The van der Waals surface area contributed by atoms with Crippen molar-refractivity contribution in [3.63, 3.8) is 0 Å². The van der Waals surface area contributed by atoms with Crippen molar-refractivity contribution in [3.8, 4) is 0 Å². The highest BCUT2D eigenvalue weighted by Crippen LogP contribution is 2.31. The molecular weight excluding hydrogens is 192 g/mol. The van der Waals surface area contributed by atoms with Crippen LogP contribution in [0.1, 0.15) is 92.9 Å². The molecule has 0 aliphatic heterocycles. The normalized spacial score (nSPS) is 23.6. The fraction of sp³-hybridized carbons (Fsp3) is 1.00. The molecule has 0 radical (unpaired) electrons. The Hall–Kier alpha value is 0. The molecule has 0 bridgehead atoms. The third kappa shape index (κ3) is 10.5. The minimum absolute atomic E-state index is 1.02. The molecule has 0 N–H and O–H groups in total. The van der Waals surface area contributed by atoms with Crippen LogP contribution in [-0.2, 0) is 0 Å². The maximum Gasteiger partial charge on any atom is -0.0414 e. The first-order valence-electron chi connectivity index (χ1n) is 7.83. The summed E-state index contributed by atoms with van der Waals surface area (Å²) in [6.07, 6.45) is 11.9. The second kappa shape index (κ2) is 15.0. The summed E-state index contributed by atoms with van der Waals surface area (Å²) in [7, 11) is 0. The summed E-state index contributed by atoms with van der Waals surface area (Å²) in [4.78, 5) is 0. The van der Waals surface area contributed by atoms with E-state index >= 15 is 0 Å². The molecule has 0 aromatic rings. The van der Waals surface area contributed by atoms with Gasteiger partial charge in [0.25, 0.3) is 0 Å². The van der Waals surface area contributed by atoms with Gasteiger partial charge in [-0.3, -0.25) is 0 Å². The maximum absolute atomic E-state index is 2.41. The lowest BCUT2D eigenvalue weighted by Gasteiger charge is -2.25. The number of unbranched alkanes of at least 4 members (excludes halogenated alkanes) is 2. The first kappa shape index (κ1) is 18.4. The van der Waals surface area contributed by atoms with Gasteiger partial charge in [-0.25, -0.2) is 0 Å². The Labute approximate surface area is 105 Å². The van der Waals surface area contributed by atoms with E-state index < -0.39 is 0 Å². The van der Waals surface area contributed by atoms with Gasteiger partial charge >= 0.3 is 0 Å². The molecule has 0 spiro atoms. The Kier molecular flexibility index (Phi) is 17.2. The predicted molar refractivity (Wildman–Crippen MR) is 78.0 cm³/mol. The van der Waals surface area contributed by atoms with Crippen molar-refractivity contribution in [1.29, 1.82) is 0 Å². The van der Waals surface area contributed by atoms with Gasteiger partial charge in [0, 0.05) is 0 Å². The number of hydrogen-bond donors (Lipinski definition) is 0. The molecule has 1 rings (SSSR count). The molecule has 0 unspecified atom stereocenters. The standard InChI is InChI=1S/C12H24.2C2H6/c1-3-4-5-6-12-9-7-11(2)8-10-12;2*1-2/h11-12H,3-10H2,1-2H3;2*1-2H3. The van der Waals surface area contributed by atoms with E-state index in [0.717, 1.165) is 11.8 Å². The van der Waals surface area contributed by atoms with Crippen LogP contribution >= 0.6 is 0 Å². The molecule has 0 amide bonds. The van der Waals surface area contributed by atoms with Gasteiger partial charge < -0.3 is 0 Å². The molecule has 1 fully saturated rings. The molecule has 1 saturated carbocycles. The van der Waals surface area contributed by atoms with Crippen molar-refractivity contribution in [2.75, 3.05) is 0 Å². The average Bonchev–Trinajstić information content (AvgIpc) is 2.37. The zero-order valence-corrected chi connectivity index (χ0v) is 12.8. The summed E-state index contributed by atoms with van der Waals surface area (Å²) in [6, 6.07) is 0. The Bertz CT molecular complexity index is 98.6. The van der Waals surface area contributed by atoms with Gasteiger partial charge in [-0.2, -0.15) is 0 Å². The largest absolute Gasteiger partial charge is 0.0683 e. The van der Waals surface area contributed by atoms with Crippen molar-refractivity contribution < 1.29 is 0 Å². The zero-order valence-electron chi connectivity index (χ0n) is 12.8.